The molecule has 0 saturated heterocycles. The molecule has 0 radical (unpaired) electrons. The number of hydrogen-bond acceptors (Lipinski definition) is 5. The predicted molar refractivity (Wildman–Crippen MR) is 101 cm³/mol. The zero-order valence-electron chi connectivity index (χ0n) is 14.4. The molecular formula is C19H22BrNO4. The van der Waals surface area contributed by atoms with Gasteiger partial charge in [-0.2, -0.15) is 0 Å². The molecule has 0 spiro atoms. The molecule has 0 fully saturated rings. The molecule has 2 aromatic carbocycles. The molecule has 0 amide bonds. The Morgan fingerprint density at radius 2 is 1.92 bits per heavy atom. The normalized spacial score (nSPS) is 12.6. The topological polar surface area (TPSA) is 49.0 Å². The van der Waals surface area contributed by atoms with Gasteiger partial charge < -0.3 is 24.3 Å². The molecule has 3 rings (SSSR count). The Balaban J connectivity index is 1.71. The second kappa shape index (κ2) is 8.34. The van der Waals surface area contributed by atoms with Crippen molar-refractivity contribution >= 4 is 21.6 Å². The van der Waals surface area contributed by atoms with Crippen LogP contribution in [0, 0.1) is 0 Å². The van der Waals surface area contributed by atoms with E-state index in [-0.39, 0.29) is 0 Å². The molecule has 6 heteroatoms. The molecule has 1 N–H and O–H groups in total. The van der Waals surface area contributed by atoms with E-state index in [0.29, 0.717) is 26.4 Å². The molecule has 0 unspecified atom stereocenters. The number of ether oxygens (including phenoxy) is 4. The number of hydrogen-bond donors (Lipinski definition) is 1. The maximum absolute atomic E-state index is 5.77. The van der Waals surface area contributed by atoms with Gasteiger partial charge in [-0.3, -0.25) is 0 Å². The highest BCUT2D eigenvalue weighted by Gasteiger charge is 2.13. The number of halogens is 1. The van der Waals surface area contributed by atoms with Crippen molar-refractivity contribution in [2.75, 3.05) is 32.2 Å². The molecule has 5 nitrogen and oxygen atoms in total. The van der Waals surface area contributed by atoms with Gasteiger partial charge in [-0.05, 0) is 52.2 Å². The highest BCUT2D eigenvalue weighted by atomic mass is 79.9. The largest absolute Gasteiger partial charge is 0.493 e. The number of benzene rings is 2. The highest BCUT2D eigenvalue weighted by Crippen LogP contribution is 2.37. The van der Waals surface area contributed by atoms with E-state index < -0.39 is 0 Å². The third-order valence-electron chi connectivity index (χ3n) is 3.78. The Hall–Kier alpha value is -2.08. The lowest BCUT2D eigenvalue weighted by Crippen LogP contribution is -2.15. The van der Waals surface area contributed by atoms with Crippen LogP contribution >= 0.6 is 15.9 Å². The molecule has 0 aliphatic carbocycles. The lowest BCUT2D eigenvalue weighted by Gasteiger charge is -2.19. The summed E-state index contributed by atoms with van der Waals surface area (Å²) < 4.78 is 23.3. The highest BCUT2D eigenvalue weighted by molar-refractivity contribution is 9.10. The Bertz CT molecular complexity index is 736. The van der Waals surface area contributed by atoms with Gasteiger partial charge in [0.25, 0.3) is 0 Å². The van der Waals surface area contributed by atoms with Gasteiger partial charge in [-0.25, -0.2) is 0 Å². The summed E-state index contributed by atoms with van der Waals surface area (Å²) in [5, 5.41) is 3.40. The predicted octanol–water partition coefficient (Wildman–Crippen LogP) is 4.63. The fraction of sp³-hybridized carbons (Fsp3) is 0.368. The SMILES string of the molecule is CCCOc1c(Br)cc(CNc2ccc3c(c2)OCCO3)cc1OC. The molecule has 0 bridgehead atoms. The third-order valence-corrected chi connectivity index (χ3v) is 4.37. The van der Waals surface area contributed by atoms with E-state index in [0.717, 1.165) is 45.1 Å². The second-order valence-electron chi connectivity index (χ2n) is 5.67. The van der Waals surface area contributed by atoms with Crippen LogP contribution < -0.4 is 24.3 Å². The summed E-state index contributed by atoms with van der Waals surface area (Å²) in [7, 11) is 1.65. The van der Waals surface area contributed by atoms with Gasteiger partial charge in [-0.15, -0.1) is 0 Å². The van der Waals surface area contributed by atoms with Crippen molar-refractivity contribution in [3.05, 3.63) is 40.4 Å². The van der Waals surface area contributed by atoms with Crippen LogP contribution in [0.1, 0.15) is 18.9 Å². The summed E-state index contributed by atoms with van der Waals surface area (Å²) in [5.41, 5.74) is 2.06. The minimum atomic E-state index is 0.583. The minimum Gasteiger partial charge on any atom is -0.493 e. The molecule has 25 heavy (non-hydrogen) atoms. The Morgan fingerprint density at radius 3 is 2.68 bits per heavy atom. The van der Waals surface area contributed by atoms with Crippen LogP contribution in [-0.4, -0.2) is 26.9 Å². The van der Waals surface area contributed by atoms with Gasteiger partial charge >= 0.3 is 0 Å². The van der Waals surface area contributed by atoms with Gasteiger partial charge in [0.05, 0.1) is 18.2 Å². The Kier molecular flexibility index (Phi) is 5.91. The maximum Gasteiger partial charge on any atom is 0.175 e. The first-order valence-corrected chi connectivity index (χ1v) is 9.13. The van der Waals surface area contributed by atoms with Crippen LogP contribution in [0.4, 0.5) is 5.69 Å². The lowest BCUT2D eigenvalue weighted by molar-refractivity contribution is 0.171. The number of methoxy groups -OCH3 is 1. The van der Waals surface area contributed by atoms with Crippen molar-refractivity contribution in [3.63, 3.8) is 0 Å². The summed E-state index contributed by atoms with van der Waals surface area (Å²) >= 11 is 3.58. The van der Waals surface area contributed by atoms with Gasteiger partial charge in [0.1, 0.15) is 13.2 Å². The first-order valence-electron chi connectivity index (χ1n) is 8.34. The van der Waals surface area contributed by atoms with Crippen LogP contribution in [0.25, 0.3) is 0 Å². The molecular weight excluding hydrogens is 386 g/mol. The standard InChI is InChI=1S/C19H22BrNO4/c1-3-6-25-19-15(20)9-13(10-18(19)22-2)12-21-14-4-5-16-17(11-14)24-8-7-23-16/h4-5,9-11,21H,3,6-8,12H2,1-2H3. The van der Waals surface area contributed by atoms with E-state index in [9.17, 15) is 0 Å². The van der Waals surface area contributed by atoms with Gasteiger partial charge in [-0.1, -0.05) is 6.92 Å². The van der Waals surface area contributed by atoms with Crippen LogP contribution in [-0.2, 0) is 6.54 Å². The van der Waals surface area contributed by atoms with E-state index in [4.69, 9.17) is 18.9 Å². The van der Waals surface area contributed by atoms with Gasteiger partial charge in [0.2, 0.25) is 0 Å². The molecule has 134 valence electrons. The zero-order valence-corrected chi connectivity index (χ0v) is 16.0. The third kappa shape index (κ3) is 4.31. The molecule has 2 aromatic rings. The smallest absolute Gasteiger partial charge is 0.175 e. The van der Waals surface area contributed by atoms with Crippen molar-refractivity contribution in [2.45, 2.75) is 19.9 Å². The quantitative estimate of drug-likeness (QED) is 0.724. The summed E-state index contributed by atoms with van der Waals surface area (Å²) in [6.07, 6.45) is 0.947. The summed E-state index contributed by atoms with van der Waals surface area (Å²) in [5.74, 6) is 3.03. The van der Waals surface area contributed by atoms with Crippen molar-refractivity contribution in [1.82, 2.24) is 0 Å². The molecule has 1 aliphatic heterocycles. The molecule has 0 atom stereocenters. The van der Waals surface area contributed by atoms with Gasteiger partial charge in [0.15, 0.2) is 23.0 Å². The number of anilines is 1. The average molecular weight is 408 g/mol. The lowest BCUT2D eigenvalue weighted by atomic mass is 10.2. The molecule has 1 heterocycles. The van der Waals surface area contributed by atoms with Crippen LogP contribution in [0.15, 0.2) is 34.8 Å². The molecule has 0 saturated carbocycles. The van der Waals surface area contributed by atoms with Crippen molar-refractivity contribution in [1.29, 1.82) is 0 Å². The van der Waals surface area contributed by atoms with Crippen LogP contribution in [0.3, 0.4) is 0 Å². The van der Waals surface area contributed by atoms with Gasteiger partial charge in [0, 0.05) is 18.3 Å². The van der Waals surface area contributed by atoms with E-state index >= 15 is 0 Å². The maximum atomic E-state index is 5.77. The van der Waals surface area contributed by atoms with E-state index in [1.807, 2.05) is 30.3 Å². The average Bonchev–Trinajstić information content (AvgIpc) is 2.65. The number of fused-ring (bicyclic) bond motifs is 1. The van der Waals surface area contributed by atoms with Crippen molar-refractivity contribution < 1.29 is 18.9 Å². The minimum absolute atomic E-state index is 0.583. The fourth-order valence-electron chi connectivity index (χ4n) is 2.58. The molecule has 1 aliphatic rings. The molecule has 0 aromatic heterocycles. The van der Waals surface area contributed by atoms with E-state index in [1.165, 1.54) is 0 Å². The van der Waals surface area contributed by atoms with Crippen LogP contribution in [0.2, 0.25) is 0 Å². The number of rotatable bonds is 7. The van der Waals surface area contributed by atoms with Crippen molar-refractivity contribution in [3.8, 4) is 23.0 Å². The summed E-state index contributed by atoms with van der Waals surface area (Å²) in [4.78, 5) is 0. The van der Waals surface area contributed by atoms with Crippen molar-refractivity contribution in [2.24, 2.45) is 0 Å². The summed E-state index contributed by atoms with van der Waals surface area (Å²) in [6.45, 7) is 4.57. The number of nitrogens with one attached hydrogen (secondary N) is 1. The first-order chi connectivity index (χ1) is 12.2. The fourth-order valence-corrected chi connectivity index (χ4v) is 3.18. The second-order valence-corrected chi connectivity index (χ2v) is 6.52. The Labute approximate surface area is 156 Å². The van der Waals surface area contributed by atoms with Crippen LogP contribution in [0.5, 0.6) is 23.0 Å². The monoisotopic (exact) mass is 407 g/mol. The zero-order chi connectivity index (χ0) is 17.6. The van der Waals surface area contributed by atoms with E-state index in [1.54, 1.807) is 7.11 Å². The van der Waals surface area contributed by atoms with E-state index in [2.05, 4.69) is 28.2 Å². The first kappa shape index (κ1) is 17.7. The summed E-state index contributed by atoms with van der Waals surface area (Å²) in [6, 6.07) is 9.90. The Morgan fingerprint density at radius 1 is 1.12 bits per heavy atom.